The second-order valence-electron chi connectivity index (χ2n) is 3.76. The third kappa shape index (κ3) is 1.33. The summed E-state index contributed by atoms with van der Waals surface area (Å²) in [5.41, 5.74) is 0.771. The molecule has 78 valence electrons. The summed E-state index contributed by atoms with van der Waals surface area (Å²) in [6.07, 6.45) is 1.94. The molecule has 2 aromatic heterocycles. The Balaban J connectivity index is 2.19. The van der Waals surface area contributed by atoms with Gasteiger partial charge < -0.3 is 9.30 Å². The third-order valence-electron chi connectivity index (χ3n) is 2.87. The maximum atomic E-state index is 11.0. The fraction of sp³-hybridized carbons (Fsp3) is 0.364. The predicted molar refractivity (Wildman–Crippen MR) is 59.7 cm³/mol. The van der Waals surface area contributed by atoms with E-state index in [1.165, 1.54) is 4.83 Å². The first-order valence-corrected chi connectivity index (χ1v) is 5.89. The zero-order chi connectivity index (χ0) is 10.3. The monoisotopic (exact) mass is 221 g/mol. The lowest BCUT2D eigenvalue weighted by Gasteiger charge is -2.12. The fourth-order valence-electron chi connectivity index (χ4n) is 2.16. The highest BCUT2D eigenvalue weighted by Crippen LogP contribution is 2.31. The summed E-state index contributed by atoms with van der Waals surface area (Å²) in [4.78, 5) is 12.2. The van der Waals surface area contributed by atoms with Gasteiger partial charge in [0.2, 0.25) is 0 Å². The molecular weight excluding hydrogens is 210 g/mol. The minimum absolute atomic E-state index is 0.335. The van der Waals surface area contributed by atoms with E-state index in [1.54, 1.807) is 11.3 Å². The van der Waals surface area contributed by atoms with E-state index in [2.05, 4.69) is 16.0 Å². The lowest BCUT2D eigenvalue weighted by molar-refractivity contribution is 0.111. The third-order valence-corrected chi connectivity index (χ3v) is 3.79. The van der Waals surface area contributed by atoms with Crippen LogP contribution in [0.25, 0.3) is 10.2 Å². The Labute approximate surface area is 91.3 Å². The Morgan fingerprint density at radius 2 is 2.53 bits per heavy atom. The first kappa shape index (κ1) is 9.12. The Morgan fingerprint density at radius 3 is 3.27 bits per heavy atom. The van der Waals surface area contributed by atoms with Crippen molar-refractivity contribution in [3.63, 3.8) is 0 Å². The van der Waals surface area contributed by atoms with Crippen LogP contribution >= 0.6 is 11.3 Å². The van der Waals surface area contributed by atoms with Gasteiger partial charge in [-0.1, -0.05) is 0 Å². The van der Waals surface area contributed by atoms with Gasteiger partial charge in [-0.2, -0.15) is 0 Å². The molecular formula is C11H11NO2S. The molecule has 1 unspecified atom stereocenters. The molecule has 0 amide bonds. The van der Waals surface area contributed by atoms with Crippen molar-refractivity contribution in [2.45, 2.75) is 12.5 Å². The van der Waals surface area contributed by atoms with Crippen molar-refractivity contribution in [3.05, 3.63) is 23.2 Å². The molecule has 15 heavy (non-hydrogen) atoms. The molecule has 1 atom stereocenters. The van der Waals surface area contributed by atoms with Crippen LogP contribution in [0.15, 0.2) is 17.5 Å². The quantitative estimate of drug-likeness (QED) is 0.729. The summed E-state index contributed by atoms with van der Waals surface area (Å²) in [7, 11) is 0. The van der Waals surface area contributed by atoms with E-state index < -0.39 is 0 Å². The molecule has 4 heteroatoms. The molecule has 0 saturated carbocycles. The van der Waals surface area contributed by atoms with Crippen molar-refractivity contribution >= 4 is 27.8 Å². The van der Waals surface area contributed by atoms with Gasteiger partial charge in [0.05, 0.1) is 18.3 Å². The number of carbonyl (C=O) groups is 1. The number of ether oxygens (including phenoxy) is 1. The van der Waals surface area contributed by atoms with E-state index in [4.69, 9.17) is 4.74 Å². The average Bonchev–Trinajstić information content (AvgIpc) is 2.92. The van der Waals surface area contributed by atoms with Crippen LogP contribution in [0.2, 0.25) is 0 Å². The molecule has 1 aliphatic rings. The van der Waals surface area contributed by atoms with Gasteiger partial charge in [0.25, 0.3) is 0 Å². The minimum atomic E-state index is 0.335. The van der Waals surface area contributed by atoms with Crippen molar-refractivity contribution < 1.29 is 9.53 Å². The SMILES string of the molecule is O=Cc1cc2ccsc2n1C1CCOC1. The Hall–Kier alpha value is -1.13. The maximum absolute atomic E-state index is 11.0. The number of carbonyl (C=O) groups excluding carboxylic acids is 1. The maximum Gasteiger partial charge on any atom is 0.166 e. The van der Waals surface area contributed by atoms with Crippen LogP contribution in [0, 0.1) is 0 Å². The van der Waals surface area contributed by atoms with Crippen LogP contribution in [0.5, 0.6) is 0 Å². The standard InChI is InChI=1S/C11H11NO2S/c13-6-10-5-8-2-4-15-11(8)12(10)9-1-3-14-7-9/h2,4-6,9H,1,3,7H2. The number of rotatable bonds is 2. The number of nitrogens with zero attached hydrogens (tertiary/aromatic N) is 1. The van der Waals surface area contributed by atoms with E-state index in [-0.39, 0.29) is 0 Å². The molecule has 0 aromatic carbocycles. The first-order chi connectivity index (χ1) is 7.40. The molecule has 0 aliphatic carbocycles. The molecule has 0 spiro atoms. The van der Waals surface area contributed by atoms with E-state index in [9.17, 15) is 4.79 Å². The van der Waals surface area contributed by atoms with Crippen molar-refractivity contribution in [2.75, 3.05) is 13.2 Å². The van der Waals surface area contributed by atoms with Gasteiger partial charge in [0.1, 0.15) is 4.83 Å². The lowest BCUT2D eigenvalue weighted by atomic mass is 10.2. The zero-order valence-electron chi connectivity index (χ0n) is 8.18. The van der Waals surface area contributed by atoms with Crippen LogP contribution in [0.3, 0.4) is 0 Å². The summed E-state index contributed by atoms with van der Waals surface area (Å²) >= 11 is 1.69. The summed E-state index contributed by atoms with van der Waals surface area (Å²) in [5, 5.41) is 3.22. The van der Waals surface area contributed by atoms with Gasteiger partial charge in [-0.15, -0.1) is 11.3 Å². The van der Waals surface area contributed by atoms with E-state index in [0.29, 0.717) is 6.04 Å². The topological polar surface area (TPSA) is 31.2 Å². The summed E-state index contributed by atoms with van der Waals surface area (Å²) in [6.45, 7) is 1.52. The van der Waals surface area contributed by atoms with Crippen molar-refractivity contribution in [1.82, 2.24) is 4.57 Å². The molecule has 1 fully saturated rings. The summed E-state index contributed by atoms with van der Waals surface area (Å²) < 4.78 is 7.50. The van der Waals surface area contributed by atoms with Gasteiger partial charge in [-0.25, -0.2) is 0 Å². The number of hydrogen-bond donors (Lipinski definition) is 0. The molecule has 3 rings (SSSR count). The van der Waals surface area contributed by atoms with Gasteiger partial charge in [0.15, 0.2) is 6.29 Å². The lowest BCUT2D eigenvalue weighted by Crippen LogP contribution is -2.10. The van der Waals surface area contributed by atoms with E-state index in [0.717, 1.165) is 37.0 Å². The number of aldehydes is 1. The largest absolute Gasteiger partial charge is 0.379 e. The van der Waals surface area contributed by atoms with Crippen molar-refractivity contribution in [1.29, 1.82) is 0 Å². The summed E-state index contributed by atoms with van der Waals surface area (Å²) in [6, 6.07) is 4.34. The Kier molecular flexibility index (Phi) is 2.11. The van der Waals surface area contributed by atoms with E-state index >= 15 is 0 Å². The van der Waals surface area contributed by atoms with Gasteiger partial charge >= 0.3 is 0 Å². The van der Waals surface area contributed by atoms with Crippen LogP contribution < -0.4 is 0 Å². The van der Waals surface area contributed by atoms with Gasteiger partial charge in [-0.3, -0.25) is 4.79 Å². The number of hydrogen-bond acceptors (Lipinski definition) is 3. The fourth-order valence-corrected chi connectivity index (χ4v) is 3.13. The van der Waals surface area contributed by atoms with Gasteiger partial charge in [-0.05, 0) is 23.9 Å². The first-order valence-electron chi connectivity index (χ1n) is 5.01. The van der Waals surface area contributed by atoms with E-state index in [1.807, 2.05) is 6.07 Å². The van der Waals surface area contributed by atoms with Crippen LogP contribution in [-0.4, -0.2) is 24.1 Å². The highest BCUT2D eigenvalue weighted by atomic mass is 32.1. The number of aromatic nitrogens is 1. The molecule has 1 aliphatic heterocycles. The number of fused-ring (bicyclic) bond motifs is 1. The normalized spacial score (nSPS) is 21.2. The van der Waals surface area contributed by atoms with Crippen molar-refractivity contribution in [2.24, 2.45) is 0 Å². The highest BCUT2D eigenvalue weighted by molar-refractivity contribution is 7.16. The molecule has 3 heterocycles. The predicted octanol–water partition coefficient (Wildman–Crippen LogP) is 2.48. The Bertz CT molecular complexity index is 494. The molecule has 0 radical (unpaired) electrons. The van der Waals surface area contributed by atoms with Crippen LogP contribution in [-0.2, 0) is 4.74 Å². The number of thiophene rings is 1. The van der Waals surface area contributed by atoms with Gasteiger partial charge in [0, 0.05) is 12.0 Å². The van der Waals surface area contributed by atoms with Crippen LogP contribution in [0.1, 0.15) is 23.0 Å². The molecule has 2 aromatic rings. The average molecular weight is 221 g/mol. The smallest absolute Gasteiger partial charge is 0.166 e. The second-order valence-corrected chi connectivity index (χ2v) is 4.65. The molecule has 3 nitrogen and oxygen atoms in total. The molecule has 0 N–H and O–H groups in total. The molecule has 0 bridgehead atoms. The highest BCUT2D eigenvalue weighted by Gasteiger charge is 2.22. The minimum Gasteiger partial charge on any atom is -0.379 e. The van der Waals surface area contributed by atoms with Crippen LogP contribution in [0.4, 0.5) is 0 Å². The van der Waals surface area contributed by atoms with Crippen molar-refractivity contribution in [3.8, 4) is 0 Å². The zero-order valence-corrected chi connectivity index (χ0v) is 9.00. The Morgan fingerprint density at radius 1 is 1.60 bits per heavy atom. The summed E-state index contributed by atoms with van der Waals surface area (Å²) in [5.74, 6) is 0. The second kappa shape index (κ2) is 3.47. The molecule has 1 saturated heterocycles.